The van der Waals surface area contributed by atoms with Crippen molar-refractivity contribution in [3.05, 3.63) is 51.8 Å². The van der Waals surface area contributed by atoms with Gasteiger partial charge in [0.05, 0.1) is 24.6 Å². The number of anilines is 1. The fraction of sp³-hybridized carbons (Fsp3) is 0.200. The van der Waals surface area contributed by atoms with Gasteiger partial charge in [-0.1, -0.05) is 6.07 Å². The molecule has 2 aromatic rings. The monoisotopic (exact) mass is 334 g/mol. The van der Waals surface area contributed by atoms with E-state index in [4.69, 9.17) is 4.74 Å². The van der Waals surface area contributed by atoms with Gasteiger partial charge >= 0.3 is 0 Å². The molecular weight excluding hydrogens is 320 g/mol. The quantitative estimate of drug-likeness (QED) is 0.930. The van der Waals surface area contributed by atoms with Gasteiger partial charge in [-0.3, -0.25) is 9.78 Å². The van der Waals surface area contributed by atoms with Crippen molar-refractivity contribution in [2.75, 3.05) is 12.4 Å². The summed E-state index contributed by atoms with van der Waals surface area (Å²) in [6.45, 7) is 3.96. The van der Waals surface area contributed by atoms with Crippen LogP contribution in [0.15, 0.2) is 35.1 Å². The average Bonchev–Trinajstić information content (AvgIpc) is 2.42. The van der Waals surface area contributed by atoms with Crippen LogP contribution in [0.25, 0.3) is 0 Å². The van der Waals surface area contributed by atoms with Crippen LogP contribution in [0.3, 0.4) is 0 Å². The number of halogens is 1. The molecule has 1 N–H and O–H groups in total. The number of amides is 1. The van der Waals surface area contributed by atoms with Crippen LogP contribution >= 0.6 is 15.9 Å². The Bertz CT molecular complexity index is 633. The third kappa shape index (κ3) is 2.99. The highest BCUT2D eigenvalue weighted by atomic mass is 79.9. The summed E-state index contributed by atoms with van der Waals surface area (Å²) in [5.41, 5.74) is 3.35. The first-order chi connectivity index (χ1) is 9.52. The van der Waals surface area contributed by atoms with Crippen LogP contribution in [0.1, 0.15) is 21.5 Å². The number of aryl methyl sites for hydroxylation is 2. The Kier molecular flexibility index (Phi) is 4.39. The lowest BCUT2D eigenvalue weighted by molar-refractivity contribution is 0.102. The number of pyridine rings is 1. The van der Waals surface area contributed by atoms with E-state index in [2.05, 4.69) is 26.2 Å². The topological polar surface area (TPSA) is 51.2 Å². The Morgan fingerprint density at radius 3 is 2.75 bits per heavy atom. The predicted molar refractivity (Wildman–Crippen MR) is 82.4 cm³/mol. The first-order valence-corrected chi connectivity index (χ1v) is 6.88. The molecule has 20 heavy (non-hydrogen) atoms. The van der Waals surface area contributed by atoms with Gasteiger partial charge in [0.15, 0.2) is 0 Å². The Morgan fingerprint density at radius 2 is 2.10 bits per heavy atom. The second-order valence-electron chi connectivity index (χ2n) is 4.47. The Morgan fingerprint density at radius 1 is 1.35 bits per heavy atom. The minimum absolute atomic E-state index is 0.225. The van der Waals surface area contributed by atoms with E-state index >= 15 is 0 Å². The molecule has 2 rings (SSSR count). The molecule has 1 aromatic carbocycles. The molecule has 0 aliphatic heterocycles. The number of methoxy groups -OCH3 is 1. The van der Waals surface area contributed by atoms with Crippen LogP contribution in [-0.4, -0.2) is 18.0 Å². The molecule has 0 bridgehead atoms. The molecule has 4 nitrogen and oxygen atoms in total. The van der Waals surface area contributed by atoms with Crippen LogP contribution in [0.2, 0.25) is 0 Å². The lowest BCUT2D eigenvalue weighted by atomic mass is 10.1. The SMILES string of the molecule is COc1cnccc1C(=O)Nc1c(C)cc(C)cc1Br. The number of rotatable bonds is 3. The number of hydrogen-bond acceptors (Lipinski definition) is 3. The molecule has 0 unspecified atom stereocenters. The minimum atomic E-state index is -0.225. The molecule has 0 aliphatic rings. The van der Waals surface area contributed by atoms with E-state index in [-0.39, 0.29) is 5.91 Å². The third-order valence-electron chi connectivity index (χ3n) is 2.92. The normalized spacial score (nSPS) is 10.2. The summed E-state index contributed by atoms with van der Waals surface area (Å²) < 4.78 is 6.01. The van der Waals surface area contributed by atoms with Crippen LogP contribution in [0, 0.1) is 13.8 Å². The number of nitrogens with zero attached hydrogens (tertiary/aromatic N) is 1. The standard InChI is InChI=1S/C15H15BrN2O2/c1-9-6-10(2)14(12(16)7-9)18-15(19)11-4-5-17-8-13(11)20-3/h4-8H,1-3H3,(H,18,19). The van der Waals surface area contributed by atoms with Gasteiger partial charge in [0.25, 0.3) is 5.91 Å². The highest BCUT2D eigenvalue weighted by Crippen LogP contribution is 2.29. The summed E-state index contributed by atoms with van der Waals surface area (Å²) in [5, 5.41) is 2.90. The van der Waals surface area contributed by atoms with Crippen molar-refractivity contribution in [3.63, 3.8) is 0 Å². The number of aromatic nitrogens is 1. The maximum absolute atomic E-state index is 12.3. The summed E-state index contributed by atoms with van der Waals surface area (Å²) in [6, 6.07) is 5.61. The lowest BCUT2D eigenvalue weighted by Crippen LogP contribution is -2.14. The maximum atomic E-state index is 12.3. The highest BCUT2D eigenvalue weighted by molar-refractivity contribution is 9.10. The first-order valence-electron chi connectivity index (χ1n) is 6.09. The summed E-state index contributed by atoms with van der Waals surface area (Å²) in [6.07, 6.45) is 3.08. The van der Waals surface area contributed by atoms with Gasteiger partial charge in [-0.15, -0.1) is 0 Å². The number of benzene rings is 1. The molecule has 0 aliphatic carbocycles. The van der Waals surface area contributed by atoms with E-state index in [9.17, 15) is 4.79 Å². The van der Waals surface area contributed by atoms with E-state index in [1.807, 2.05) is 26.0 Å². The smallest absolute Gasteiger partial charge is 0.259 e. The molecule has 0 radical (unpaired) electrons. The third-order valence-corrected chi connectivity index (χ3v) is 3.54. The minimum Gasteiger partial charge on any atom is -0.494 e. The van der Waals surface area contributed by atoms with E-state index in [1.54, 1.807) is 12.3 Å². The summed E-state index contributed by atoms with van der Waals surface area (Å²) in [4.78, 5) is 16.3. The average molecular weight is 335 g/mol. The first kappa shape index (κ1) is 14.5. The van der Waals surface area contributed by atoms with Crippen molar-refractivity contribution in [1.29, 1.82) is 0 Å². The summed E-state index contributed by atoms with van der Waals surface area (Å²) in [5.74, 6) is 0.225. The zero-order chi connectivity index (χ0) is 14.7. The van der Waals surface area contributed by atoms with Gasteiger partial charge in [0.2, 0.25) is 0 Å². The van der Waals surface area contributed by atoms with Gasteiger partial charge in [-0.25, -0.2) is 0 Å². The van der Waals surface area contributed by atoms with Crippen LogP contribution in [0.5, 0.6) is 5.75 Å². The zero-order valence-corrected chi connectivity index (χ0v) is 13.1. The van der Waals surface area contributed by atoms with E-state index in [0.29, 0.717) is 11.3 Å². The van der Waals surface area contributed by atoms with Gasteiger partial charge in [0.1, 0.15) is 5.75 Å². The number of hydrogen-bond donors (Lipinski definition) is 1. The highest BCUT2D eigenvalue weighted by Gasteiger charge is 2.14. The van der Waals surface area contributed by atoms with Gasteiger partial charge < -0.3 is 10.1 Å². The van der Waals surface area contributed by atoms with Crippen LogP contribution in [-0.2, 0) is 0 Å². The second-order valence-corrected chi connectivity index (χ2v) is 5.32. The molecule has 5 heteroatoms. The number of carbonyl (C=O) groups is 1. The molecular formula is C15H15BrN2O2. The van der Waals surface area contributed by atoms with Crippen molar-refractivity contribution >= 4 is 27.5 Å². The Hall–Kier alpha value is -1.88. The molecule has 1 aromatic heterocycles. The molecule has 104 valence electrons. The Labute approximate surface area is 126 Å². The van der Waals surface area contributed by atoms with Crippen LogP contribution in [0.4, 0.5) is 5.69 Å². The van der Waals surface area contributed by atoms with Gasteiger partial charge in [0, 0.05) is 10.7 Å². The molecule has 0 atom stereocenters. The van der Waals surface area contributed by atoms with Gasteiger partial charge in [-0.05, 0) is 53.0 Å². The summed E-state index contributed by atoms with van der Waals surface area (Å²) in [7, 11) is 1.51. The van der Waals surface area contributed by atoms with Crippen molar-refractivity contribution in [2.45, 2.75) is 13.8 Å². The number of ether oxygens (including phenoxy) is 1. The predicted octanol–water partition coefficient (Wildman–Crippen LogP) is 3.72. The lowest BCUT2D eigenvalue weighted by Gasteiger charge is -2.13. The summed E-state index contributed by atoms with van der Waals surface area (Å²) >= 11 is 3.48. The molecule has 0 saturated carbocycles. The van der Waals surface area contributed by atoms with Crippen molar-refractivity contribution in [3.8, 4) is 5.75 Å². The van der Waals surface area contributed by atoms with E-state index < -0.39 is 0 Å². The molecule has 0 fully saturated rings. The fourth-order valence-electron chi connectivity index (χ4n) is 1.99. The number of nitrogens with one attached hydrogen (secondary N) is 1. The molecule has 1 heterocycles. The molecule has 1 amide bonds. The largest absolute Gasteiger partial charge is 0.494 e. The van der Waals surface area contributed by atoms with Crippen molar-refractivity contribution in [1.82, 2.24) is 4.98 Å². The molecule has 0 saturated heterocycles. The van der Waals surface area contributed by atoms with Crippen molar-refractivity contribution in [2.24, 2.45) is 0 Å². The fourth-order valence-corrected chi connectivity index (χ4v) is 2.76. The van der Waals surface area contributed by atoms with E-state index in [1.165, 1.54) is 13.3 Å². The number of carbonyl (C=O) groups excluding carboxylic acids is 1. The molecule has 0 spiro atoms. The Balaban J connectivity index is 2.33. The van der Waals surface area contributed by atoms with E-state index in [0.717, 1.165) is 21.3 Å². The maximum Gasteiger partial charge on any atom is 0.259 e. The second kappa shape index (κ2) is 6.05. The van der Waals surface area contributed by atoms with Crippen molar-refractivity contribution < 1.29 is 9.53 Å². The van der Waals surface area contributed by atoms with Gasteiger partial charge in [-0.2, -0.15) is 0 Å². The van der Waals surface area contributed by atoms with Crippen LogP contribution < -0.4 is 10.1 Å². The zero-order valence-electron chi connectivity index (χ0n) is 11.5.